The molecule has 5 heteroatoms. The second kappa shape index (κ2) is 8.46. The van der Waals surface area contributed by atoms with Gasteiger partial charge in [-0.2, -0.15) is 0 Å². The van der Waals surface area contributed by atoms with Gasteiger partial charge in [0.25, 0.3) is 0 Å². The molecule has 0 bridgehead atoms. The van der Waals surface area contributed by atoms with E-state index in [0.717, 1.165) is 17.7 Å². The van der Waals surface area contributed by atoms with Crippen molar-refractivity contribution in [1.82, 2.24) is 0 Å². The number of nitrogens with zero attached hydrogens (tertiary/aromatic N) is 1. The summed E-state index contributed by atoms with van der Waals surface area (Å²) in [6.07, 6.45) is 1.94. The molecular formula is C23H28N2O3. The lowest BCUT2D eigenvalue weighted by Gasteiger charge is -2.27. The second-order valence-electron chi connectivity index (χ2n) is 7.85. The topological polar surface area (TPSA) is 58.6 Å². The number of ether oxygens (including phenoxy) is 1. The van der Waals surface area contributed by atoms with Gasteiger partial charge in [-0.25, -0.2) is 0 Å². The Labute approximate surface area is 166 Å². The zero-order chi connectivity index (χ0) is 20.1. The lowest BCUT2D eigenvalue weighted by Crippen LogP contribution is -2.42. The minimum absolute atomic E-state index is 0.0423. The first-order valence-corrected chi connectivity index (χ1v) is 9.83. The van der Waals surface area contributed by atoms with Crippen LogP contribution in [-0.4, -0.2) is 25.0 Å². The highest BCUT2D eigenvalue weighted by Crippen LogP contribution is 2.38. The van der Waals surface area contributed by atoms with Gasteiger partial charge in [-0.05, 0) is 50.5 Å². The average Bonchev–Trinajstić information content (AvgIpc) is 2.78. The summed E-state index contributed by atoms with van der Waals surface area (Å²) in [4.78, 5) is 27.1. The third-order valence-electron chi connectivity index (χ3n) is 4.88. The van der Waals surface area contributed by atoms with E-state index in [-0.39, 0.29) is 11.8 Å². The van der Waals surface area contributed by atoms with E-state index in [1.54, 1.807) is 4.90 Å². The molecule has 0 aromatic heterocycles. The molecule has 0 saturated carbocycles. The van der Waals surface area contributed by atoms with Gasteiger partial charge in [0.2, 0.25) is 11.8 Å². The molecule has 0 aliphatic carbocycles. The van der Waals surface area contributed by atoms with Gasteiger partial charge in [-0.1, -0.05) is 37.3 Å². The fraction of sp³-hybridized carbons (Fsp3) is 0.391. The molecule has 3 rings (SSSR count). The van der Waals surface area contributed by atoms with E-state index in [1.807, 2.05) is 69.3 Å². The summed E-state index contributed by atoms with van der Waals surface area (Å²) in [6, 6.07) is 15.4. The number of carbonyl (C=O) groups is 2. The molecule has 1 aliphatic heterocycles. The van der Waals surface area contributed by atoms with Crippen LogP contribution in [0.5, 0.6) is 5.75 Å². The number of carbonyl (C=O) groups excluding carboxylic acids is 2. The van der Waals surface area contributed by atoms with Gasteiger partial charge in [-0.3, -0.25) is 9.59 Å². The van der Waals surface area contributed by atoms with Crippen molar-refractivity contribution >= 4 is 23.2 Å². The van der Waals surface area contributed by atoms with Gasteiger partial charge in [0, 0.05) is 18.7 Å². The van der Waals surface area contributed by atoms with Crippen molar-refractivity contribution in [1.29, 1.82) is 0 Å². The summed E-state index contributed by atoms with van der Waals surface area (Å²) < 4.78 is 5.90. The lowest BCUT2D eigenvalue weighted by molar-refractivity contribution is -0.127. The summed E-state index contributed by atoms with van der Waals surface area (Å²) in [5, 5.41) is 2.95. The molecule has 148 valence electrons. The number of aryl methyl sites for hydroxylation is 1. The molecule has 5 nitrogen and oxygen atoms in total. The van der Waals surface area contributed by atoms with Crippen LogP contribution in [0.1, 0.15) is 39.2 Å². The molecule has 2 amide bonds. The van der Waals surface area contributed by atoms with Crippen molar-refractivity contribution in [2.45, 2.75) is 40.0 Å². The SMILES string of the molecule is CCCN1C(=O)C(C)(C)COc2ccc(NC(=O)CCc3ccccc3)cc21. The molecule has 28 heavy (non-hydrogen) atoms. The molecule has 1 aliphatic rings. The molecular weight excluding hydrogens is 352 g/mol. The average molecular weight is 380 g/mol. The van der Waals surface area contributed by atoms with Crippen LogP contribution >= 0.6 is 0 Å². The highest BCUT2D eigenvalue weighted by molar-refractivity contribution is 6.00. The number of hydrogen-bond acceptors (Lipinski definition) is 3. The summed E-state index contributed by atoms with van der Waals surface area (Å²) in [5.41, 5.74) is 1.94. The quantitative estimate of drug-likeness (QED) is 0.807. The highest BCUT2D eigenvalue weighted by atomic mass is 16.5. The molecule has 2 aromatic rings. The smallest absolute Gasteiger partial charge is 0.236 e. The number of fused-ring (bicyclic) bond motifs is 1. The van der Waals surface area contributed by atoms with Crippen LogP contribution in [0.25, 0.3) is 0 Å². The van der Waals surface area contributed by atoms with Crippen LogP contribution in [-0.2, 0) is 16.0 Å². The molecule has 1 heterocycles. The molecule has 1 N–H and O–H groups in total. The monoisotopic (exact) mass is 380 g/mol. The third kappa shape index (κ3) is 4.53. The summed E-state index contributed by atoms with van der Waals surface area (Å²) >= 11 is 0. The summed E-state index contributed by atoms with van der Waals surface area (Å²) in [7, 11) is 0. The predicted octanol–water partition coefficient (Wildman–Crippen LogP) is 4.42. The first-order valence-electron chi connectivity index (χ1n) is 9.83. The second-order valence-corrected chi connectivity index (χ2v) is 7.85. The fourth-order valence-corrected chi connectivity index (χ4v) is 3.29. The molecule has 0 fully saturated rings. The number of hydrogen-bond donors (Lipinski definition) is 1. The Morgan fingerprint density at radius 2 is 1.93 bits per heavy atom. The van der Waals surface area contributed by atoms with E-state index in [2.05, 4.69) is 5.32 Å². The van der Waals surface area contributed by atoms with Crippen molar-refractivity contribution < 1.29 is 14.3 Å². The Hall–Kier alpha value is -2.82. The number of nitrogens with one attached hydrogen (secondary N) is 1. The Bertz CT molecular complexity index is 846. The van der Waals surface area contributed by atoms with Gasteiger partial charge in [-0.15, -0.1) is 0 Å². The van der Waals surface area contributed by atoms with Crippen LogP contribution in [0.3, 0.4) is 0 Å². The minimum atomic E-state index is -0.590. The zero-order valence-electron chi connectivity index (χ0n) is 16.8. The molecule has 2 aromatic carbocycles. The Kier molecular flexibility index (Phi) is 6.02. The molecule has 0 spiro atoms. The van der Waals surface area contributed by atoms with Crippen LogP contribution < -0.4 is 15.0 Å². The van der Waals surface area contributed by atoms with Crippen molar-refractivity contribution in [3.8, 4) is 5.75 Å². The van der Waals surface area contributed by atoms with Crippen LogP contribution in [0.4, 0.5) is 11.4 Å². The van der Waals surface area contributed by atoms with E-state index in [0.29, 0.717) is 37.4 Å². The number of amides is 2. The first kappa shape index (κ1) is 19.9. The van der Waals surface area contributed by atoms with Crippen LogP contribution in [0, 0.1) is 5.41 Å². The zero-order valence-corrected chi connectivity index (χ0v) is 16.8. The molecule has 0 radical (unpaired) electrons. The largest absolute Gasteiger partial charge is 0.490 e. The Balaban J connectivity index is 1.75. The van der Waals surface area contributed by atoms with Crippen molar-refractivity contribution in [3.05, 3.63) is 54.1 Å². The Morgan fingerprint density at radius 1 is 1.18 bits per heavy atom. The van der Waals surface area contributed by atoms with Gasteiger partial charge in [0.05, 0.1) is 11.1 Å². The summed E-state index contributed by atoms with van der Waals surface area (Å²) in [5.74, 6) is 0.669. The number of rotatable bonds is 6. The third-order valence-corrected chi connectivity index (χ3v) is 4.88. The lowest BCUT2D eigenvalue weighted by atomic mass is 9.93. The molecule has 0 atom stereocenters. The Morgan fingerprint density at radius 3 is 2.64 bits per heavy atom. The van der Waals surface area contributed by atoms with E-state index in [9.17, 15) is 9.59 Å². The van der Waals surface area contributed by atoms with Crippen molar-refractivity contribution in [3.63, 3.8) is 0 Å². The van der Waals surface area contributed by atoms with Crippen LogP contribution in [0.15, 0.2) is 48.5 Å². The number of anilines is 2. The number of benzene rings is 2. The maximum absolute atomic E-state index is 13.0. The van der Waals surface area contributed by atoms with E-state index >= 15 is 0 Å². The maximum atomic E-state index is 13.0. The first-order chi connectivity index (χ1) is 13.4. The maximum Gasteiger partial charge on any atom is 0.236 e. The van der Waals surface area contributed by atoms with Gasteiger partial charge in [0.15, 0.2) is 0 Å². The van der Waals surface area contributed by atoms with E-state index < -0.39 is 5.41 Å². The van der Waals surface area contributed by atoms with E-state index in [4.69, 9.17) is 4.74 Å². The molecule has 0 saturated heterocycles. The fourth-order valence-electron chi connectivity index (χ4n) is 3.29. The predicted molar refractivity (Wildman–Crippen MR) is 112 cm³/mol. The summed E-state index contributed by atoms with van der Waals surface area (Å²) in [6.45, 7) is 6.79. The highest BCUT2D eigenvalue weighted by Gasteiger charge is 2.37. The van der Waals surface area contributed by atoms with Crippen molar-refractivity contribution in [2.75, 3.05) is 23.4 Å². The molecule has 0 unspecified atom stereocenters. The minimum Gasteiger partial charge on any atom is -0.490 e. The normalized spacial score (nSPS) is 15.4. The van der Waals surface area contributed by atoms with Crippen molar-refractivity contribution in [2.24, 2.45) is 5.41 Å². The van der Waals surface area contributed by atoms with E-state index in [1.165, 1.54) is 0 Å². The van der Waals surface area contributed by atoms with Gasteiger partial charge >= 0.3 is 0 Å². The standard InChI is InChI=1S/C23H28N2O3/c1-4-14-25-19-15-18(11-12-20(19)28-16-23(2,3)22(25)27)24-21(26)13-10-17-8-6-5-7-9-17/h5-9,11-12,15H,4,10,13-14,16H2,1-3H3,(H,24,26). The van der Waals surface area contributed by atoms with Gasteiger partial charge < -0.3 is 15.0 Å². The van der Waals surface area contributed by atoms with Crippen LogP contribution in [0.2, 0.25) is 0 Å². The van der Waals surface area contributed by atoms with Gasteiger partial charge in [0.1, 0.15) is 12.4 Å².